The number of benzene rings is 2. The van der Waals surface area contributed by atoms with Crippen LogP contribution in [-0.4, -0.2) is 26.1 Å². The molecule has 2 nitrogen and oxygen atoms in total. The van der Waals surface area contributed by atoms with E-state index in [1.54, 1.807) is 7.11 Å². The molecule has 3 rings (SSSR count). The van der Waals surface area contributed by atoms with Crippen LogP contribution in [0.5, 0.6) is 5.75 Å². The van der Waals surface area contributed by atoms with E-state index in [0.717, 1.165) is 18.6 Å². The summed E-state index contributed by atoms with van der Waals surface area (Å²) >= 11 is 0. The zero-order chi connectivity index (χ0) is 15.5. The van der Waals surface area contributed by atoms with E-state index in [1.165, 1.54) is 23.1 Å². The molecule has 2 aromatic carbocycles. The third-order valence-corrected chi connectivity index (χ3v) is 4.82. The Bertz CT molecular complexity index is 621. The van der Waals surface area contributed by atoms with Gasteiger partial charge in [-0.2, -0.15) is 0 Å². The molecule has 22 heavy (non-hydrogen) atoms. The minimum atomic E-state index is 0.483. The zero-order valence-corrected chi connectivity index (χ0v) is 13.8. The van der Waals surface area contributed by atoms with Crippen LogP contribution in [-0.2, 0) is 12.8 Å². The molecular formula is C20H25NO. The second kappa shape index (κ2) is 6.53. The zero-order valence-electron chi connectivity index (χ0n) is 13.8. The molecule has 0 radical (unpaired) electrons. The van der Waals surface area contributed by atoms with E-state index in [9.17, 15) is 0 Å². The number of rotatable bonds is 4. The molecule has 116 valence electrons. The largest absolute Gasteiger partial charge is 0.497 e. The average Bonchev–Trinajstić information content (AvgIpc) is 2.55. The van der Waals surface area contributed by atoms with Gasteiger partial charge in [0.05, 0.1) is 7.11 Å². The van der Waals surface area contributed by atoms with Crippen molar-refractivity contribution in [3.63, 3.8) is 0 Å². The van der Waals surface area contributed by atoms with Crippen LogP contribution in [0.2, 0.25) is 0 Å². The van der Waals surface area contributed by atoms with Gasteiger partial charge < -0.3 is 9.64 Å². The number of hydrogen-bond acceptors (Lipinski definition) is 2. The molecule has 0 spiro atoms. The summed E-state index contributed by atoms with van der Waals surface area (Å²) in [5, 5.41) is 0. The molecule has 1 aliphatic rings. The van der Waals surface area contributed by atoms with Crippen LogP contribution >= 0.6 is 0 Å². The van der Waals surface area contributed by atoms with E-state index in [2.05, 4.69) is 67.5 Å². The maximum Gasteiger partial charge on any atom is 0.119 e. The highest BCUT2D eigenvalue weighted by Gasteiger charge is 2.28. The fourth-order valence-electron chi connectivity index (χ4n) is 3.80. The van der Waals surface area contributed by atoms with Gasteiger partial charge in [-0.3, -0.25) is 0 Å². The van der Waals surface area contributed by atoms with Crippen LogP contribution < -0.4 is 4.74 Å². The van der Waals surface area contributed by atoms with Crippen LogP contribution in [0.4, 0.5) is 0 Å². The first kappa shape index (κ1) is 15.1. The maximum absolute atomic E-state index is 5.35. The number of ether oxygens (including phenoxy) is 1. The number of nitrogens with zero attached hydrogens (tertiary/aromatic N) is 1. The van der Waals surface area contributed by atoms with Crippen molar-refractivity contribution in [1.82, 2.24) is 4.90 Å². The summed E-state index contributed by atoms with van der Waals surface area (Å²) in [6.07, 6.45) is 3.53. The van der Waals surface area contributed by atoms with Gasteiger partial charge in [0.25, 0.3) is 0 Å². The number of aryl methyl sites for hydroxylation is 1. The highest BCUT2D eigenvalue weighted by molar-refractivity contribution is 5.38. The van der Waals surface area contributed by atoms with Crippen LogP contribution in [0.3, 0.4) is 0 Å². The molecule has 0 saturated carbocycles. The Morgan fingerprint density at radius 3 is 2.50 bits per heavy atom. The number of methoxy groups -OCH3 is 1. The van der Waals surface area contributed by atoms with E-state index in [-0.39, 0.29) is 0 Å². The fourth-order valence-corrected chi connectivity index (χ4v) is 3.80. The van der Waals surface area contributed by atoms with Crippen molar-refractivity contribution in [3.05, 3.63) is 65.2 Å². The van der Waals surface area contributed by atoms with Crippen LogP contribution in [0, 0.1) is 5.92 Å². The smallest absolute Gasteiger partial charge is 0.119 e. The third kappa shape index (κ3) is 3.02. The summed E-state index contributed by atoms with van der Waals surface area (Å²) in [4.78, 5) is 2.37. The summed E-state index contributed by atoms with van der Waals surface area (Å²) < 4.78 is 5.35. The molecule has 1 aliphatic carbocycles. The molecule has 0 aromatic heterocycles. The second-order valence-electron chi connectivity index (χ2n) is 6.46. The molecule has 0 saturated heterocycles. The standard InChI is InChI=1S/C20H25NO/c1-21(2)20(15-7-5-4-6-8-15)18-10-9-17-14-19(22-3)12-11-16(17)13-18/h4-8,11-12,14,18,20H,9-10,13H2,1-3H3. The SMILES string of the molecule is COc1ccc2c(c1)CCC(C(c1ccccc1)N(C)C)C2. The molecule has 2 aromatic rings. The number of fused-ring (bicyclic) bond motifs is 1. The molecule has 0 bridgehead atoms. The van der Waals surface area contributed by atoms with Gasteiger partial charge >= 0.3 is 0 Å². The summed E-state index contributed by atoms with van der Waals surface area (Å²) in [5.74, 6) is 1.64. The van der Waals surface area contributed by atoms with Gasteiger partial charge in [-0.05, 0) is 68.1 Å². The normalized spacial score (nSPS) is 18.8. The Kier molecular flexibility index (Phi) is 4.49. The van der Waals surface area contributed by atoms with Gasteiger partial charge in [-0.25, -0.2) is 0 Å². The van der Waals surface area contributed by atoms with Crippen molar-refractivity contribution in [2.45, 2.75) is 25.3 Å². The van der Waals surface area contributed by atoms with Crippen molar-refractivity contribution in [2.24, 2.45) is 5.92 Å². The fraction of sp³-hybridized carbons (Fsp3) is 0.400. The molecule has 0 amide bonds. The minimum Gasteiger partial charge on any atom is -0.497 e. The first-order chi connectivity index (χ1) is 10.7. The van der Waals surface area contributed by atoms with Gasteiger partial charge in [-0.1, -0.05) is 36.4 Å². The molecule has 2 unspecified atom stereocenters. The lowest BCUT2D eigenvalue weighted by Gasteiger charge is -2.36. The van der Waals surface area contributed by atoms with Crippen molar-refractivity contribution in [1.29, 1.82) is 0 Å². The Morgan fingerprint density at radius 2 is 1.82 bits per heavy atom. The molecule has 0 aliphatic heterocycles. The lowest BCUT2D eigenvalue weighted by molar-refractivity contribution is 0.195. The van der Waals surface area contributed by atoms with Gasteiger partial charge in [-0.15, -0.1) is 0 Å². The minimum absolute atomic E-state index is 0.483. The first-order valence-electron chi connectivity index (χ1n) is 8.06. The molecular weight excluding hydrogens is 270 g/mol. The van der Waals surface area contributed by atoms with Crippen LogP contribution in [0.15, 0.2) is 48.5 Å². The summed E-state index contributed by atoms with van der Waals surface area (Å²) in [6.45, 7) is 0. The molecule has 0 N–H and O–H groups in total. The summed E-state index contributed by atoms with van der Waals surface area (Å²) in [6, 6.07) is 17.9. The second-order valence-corrected chi connectivity index (χ2v) is 6.46. The lowest BCUT2D eigenvalue weighted by Crippen LogP contribution is -2.31. The molecule has 2 heteroatoms. The Hall–Kier alpha value is -1.80. The van der Waals surface area contributed by atoms with E-state index >= 15 is 0 Å². The van der Waals surface area contributed by atoms with Gasteiger partial charge in [0.2, 0.25) is 0 Å². The van der Waals surface area contributed by atoms with Crippen molar-refractivity contribution in [2.75, 3.05) is 21.2 Å². The highest BCUT2D eigenvalue weighted by atomic mass is 16.5. The highest BCUT2D eigenvalue weighted by Crippen LogP contribution is 2.37. The molecule has 0 fully saturated rings. The van der Waals surface area contributed by atoms with Gasteiger partial charge in [0, 0.05) is 6.04 Å². The summed E-state index contributed by atoms with van der Waals surface area (Å²) in [5.41, 5.74) is 4.37. The van der Waals surface area contributed by atoms with Crippen LogP contribution in [0.25, 0.3) is 0 Å². The third-order valence-electron chi connectivity index (χ3n) is 4.82. The molecule has 0 heterocycles. The average molecular weight is 295 g/mol. The first-order valence-corrected chi connectivity index (χ1v) is 8.06. The Balaban J connectivity index is 1.85. The van der Waals surface area contributed by atoms with Crippen molar-refractivity contribution >= 4 is 0 Å². The van der Waals surface area contributed by atoms with Gasteiger partial charge in [0.15, 0.2) is 0 Å². The predicted octanol–water partition coefficient (Wildman–Crippen LogP) is 4.10. The van der Waals surface area contributed by atoms with E-state index < -0.39 is 0 Å². The summed E-state index contributed by atoms with van der Waals surface area (Å²) in [7, 11) is 6.13. The monoisotopic (exact) mass is 295 g/mol. The maximum atomic E-state index is 5.35. The lowest BCUT2D eigenvalue weighted by atomic mass is 9.77. The predicted molar refractivity (Wildman–Crippen MR) is 91.4 cm³/mol. The topological polar surface area (TPSA) is 12.5 Å². The quantitative estimate of drug-likeness (QED) is 0.842. The Labute approximate surface area is 133 Å². The Morgan fingerprint density at radius 1 is 1.05 bits per heavy atom. The van der Waals surface area contributed by atoms with Crippen LogP contribution in [0.1, 0.15) is 29.2 Å². The number of hydrogen-bond donors (Lipinski definition) is 0. The van der Waals surface area contributed by atoms with Crippen molar-refractivity contribution < 1.29 is 4.74 Å². The van der Waals surface area contributed by atoms with E-state index in [0.29, 0.717) is 12.0 Å². The van der Waals surface area contributed by atoms with Gasteiger partial charge in [0.1, 0.15) is 5.75 Å². The molecule has 2 atom stereocenters. The van der Waals surface area contributed by atoms with E-state index in [1.807, 2.05) is 0 Å². The van der Waals surface area contributed by atoms with E-state index in [4.69, 9.17) is 4.74 Å². The van der Waals surface area contributed by atoms with Crippen molar-refractivity contribution in [3.8, 4) is 5.75 Å².